The van der Waals surface area contributed by atoms with Gasteiger partial charge in [-0.1, -0.05) is 54.8 Å². The molecule has 0 bridgehead atoms. The van der Waals surface area contributed by atoms with E-state index in [2.05, 4.69) is 46.9 Å². The summed E-state index contributed by atoms with van der Waals surface area (Å²) in [6.45, 7) is 4.89. The molecular weight excluding hydrogens is 420 g/mol. The largest absolute Gasteiger partial charge is 0.386 e. The van der Waals surface area contributed by atoms with Gasteiger partial charge in [-0.15, -0.1) is 0 Å². The van der Waals surface area contributed by atoms with Crippen molar-refractivity contribution in [2.24, 2.45) is 21.6 Å². The third-order valence-corrected chi connectivity index (χ3v) is 6.25. The molecule has 1 aliphatic carbocycles. The summed E-state index contributed by atoms with van der Waals surface area (Å²) >= 11 is 3.43. The van der Waals surface area contributed by atoms with E-state index in [1.54, 1.807) is 0 Å². The van der Waals surface area contributed by atoms with Gasteiger partial charge in [-0.2, -0.15) is 10.5 Å². The van der Waals surface area contributed by atoms with Crippen molar-refractivity contribution in [3.05, 3.63) is 34.3 Å². The molecule has 1 saturated carbocycles. The van der Waals surface area contributed by atoms with Crippen molar-refractivity contribution in [2.45, 2.75) is 51.4 Å². The minimum Gasteiger partial charge on any atom is -0.386 e. The molecular formula is C21H25BrN4O2. The molecule has 0 radical (unpaired) electrons. The van der Waals surface area contributed by atoms with E-state index in [0.29, 0.717) is 13.2 Å². The Morgan fingerprint density at radius 1 is 1.07 bits per heavy atom. The summed E-state index contributed by atoms with van der Waals surface area (Å²) in [5.74, 6) is -1.88. The summed E-state index contributed by atoms with van der Waals surface area (Å²) in [5.41, 5.74) is 4.59. The zero-order valence-electron chi connectivity index (χ0n) is 16.2. The van der Waals surface area contributed by atoms with Crippen molar-refractivity contribution >= 4 is 21.8 Å². The van der Waals surface area contributed by atoms with Crippen LogP contribution in [0.25, 0.3) is 0 Å². The third-order valence-electron chi connectivity index (χ3n) is 5.72. The van der Waals surface area contributed by atoms with Gasteiger partial charge < -0.3 is 15.2 Å². The van der Waals surface area contributed by atoms with E-state index in [1.165, 1.54) is 0 Å². The smallest absolute Gasteiger partial charge is 0.293 e. The summed E-state index contributed by atoms with van der Waals surface area (Å²) in [4.78, 5) is 4.47. The summed E-state index contributed by atoms with van der Waals surface area (Å²) in [6.07, 6.45) is 3.48. The summed E-state index contributed by atoms with van der Waals surface area (Å²) in [5, 5.41) is 20.4. The highest BCUT2D eigenvalue weighted by molar-refractivity contribution is 9.10. The number of hydrogen-bond donors (Lipinski definition) is 1. The Balaban J connectivity index is 2.08. The minimum absolute atomic E-state index is 0.123. The molecule has 2 aliphatic rings. The standard InChI is InChI=1S/C21H25BrN4O2/c1-3-5-11-27-21(28-12-6-4-2)20(14-24)17(15-7-9-16(22)10-8-15)19(20,13-23)18(25)26-21/h7-10,17H,3-6,11-12H2,1-2H3,(H2,25,26). The predicted octanol–water partition coefficient (Wildman–Crippen LogP) is 4.22. The van der Waals surface area contributed by atoms with E-state index in [9.17, 15) is 10.5 Å². The number of benzene rings is 1. The highest BCUT2D eigenvalue weighted by atomic mass is 79.9. The Morgan fingerprint density at radius 2 is 1.64 bits per heavy atom. The molecule has 3 atom stereocenters. The summed E-state index contributed by atoms with van der Waals surface area (Å²) < 4.78 is 13.2. The number of nitriles is 2. The lowest BCUT2D eigenvalue weighted by atomic mass is 9.93. The average molecular weight is 445 g/mol. The number of hydrogen-bond acceptors (Lipinski definition) is 6. The molecule has 28 heavy (non-hydrogen) atoms. The second-order valence-corrected chi connectivity index (χ2v) is 8.22. The lowest BCUT2D eigenvalue weighted by Gasteiger charge is -2.32. The van der Waals surface area contributed by atoms with Gasteiger partial charge in [0.1, 0.15) is 11.3 Å². The molecule has 1 fully saturated rings. The minimum atomic E-state index is -1.55. The molecule has 7 heteroatoms. The van der Waals surface area contributed by atoms with E-state index >= 15 is 0 Å². The van der Waals surface area contributed by atoms with Crippen molar-refractivity contribution in [3.63, 3.8) is 0 Å². The topological polar surface area (TPSA) is 104 Å². The number of unbranched alkanes of at least 4 members (excludes halogenated alkanes) is 2. The zero-order chi connectivity index (χ0) is 20.4. The molecule has 0 aromatic heterocycles. The lowest BCUT2D eigenvalue weighted by Crippen LogP contribution is -2.44. The van der Waals surface area contributed by atoms with Gasteiger partial charge in [-0.25, -0.2) is 4.99 Å². The van der Waals surface area contributed by atoms with Gasteiger partial charge in [0.15, 0.2) is 5.41 Å². The first-order chi connectivity index (χ1) is 13.5. The summed E-state index contributed by atoms with van der Waals surface area (Å²) in [6, 6.07) is 12.3. The molecule has 1 aliphatic heterocycles. The van der Waals surface area contributed by atoms with Crippen molar-refractivity contribution in [1.29, 1.82) is 10.5 Å². The van der Waals surface area contributed by atoms with Crippen molar-refractivity contribution < 1.29 is 9.47 Å². The monoisotopic (exact) mass is 444 g/mol. The number of halogens is 1. The van der Waals surface area contributed by atoms with Gasteiger partial charge >= 0.3 is 0 Å². The first kappa shape index (κ1) is 20.8. The average Bonchev–Trinajstić information content (AvgIpc) is 3.27. The van der Waals surface area contributed by atoms with Crippen molar-refractivity contribution in [2.75, 3.05) is 13.2 Å². The van der Waals surface area contributed by atoms with Gasteiger partial charge in [-0.05, 0) is 30.5 Å². The first-order valence-corrected chi connectivity index (χ1v) is 10.5. The maximum Gasteiger partial charge on any atom is 0.293 e. The van der Waals surface area contributed by atoms with Crippen molar-refractivity contribution in [3.8, 4) is 12.1 Å². The number of fused-ring (bicyclic) bond motifs is 1. The van der Waals surface area contributed by atoms with E-state index in [1.807, 2.05) is 24.3 Å². The maximum absolute atomic E-state index is 10.3. The fourth-order valence-electron chi connectivity index (χ4n) is 4.22. The predicted molar refractivity (Wildman–Crippen MR) is 109 cm³/mol. The van der Waals surface area contributed by atoms with Crippen LogP contribution in [0.1, 0.15) is 51.0 Å². The molecule has 1 heterocycles. The molecule has 148 valence electrons. The Hall–Kier alpha value is -1.93. The Bertz CT molecular complexity index is 831. The third kappa shape index (κ3) is 2.69. The van der Waals surface area contributed by atoms with E-state index < -0.39 is 22.7 Å². The van der Waals surface area contributed by atoms with Crippen LogP contribution < -0.4 is 5.73 Å². The maximum atomic E-state index is 10.3. The van der Waals surface area contributed by atoms with E-state index in [4.69, 9.17) is 15.2 Å². The van der Waals surface area contributed by atoms with Gasteiger partial charge in [0.25, 0.3) is 5.91 Å². The van der Waals surface area contributed by atoms with Crippen LogP contribution in [0.5, 0.6) is 0 Å². The Morgan fingerprint density at radius 3 is 2.11 bits per heavy atom. The molecule has 1 aromatic carbocycles. The molecule has 0 spiro atoms. The van der Waals surface area contributed by atoms with Gasteiger partial charge in [-0.3, -0.25) is 0 Å². The number of ether oxygens (including phenoxy) is 2. The van der Waals surface area contributed by atoms with Crippen LogP contribution in [-0.4, -0.2) is 25.0 Å². The van der Waals surface area contributed by atoms with Gasteiger partial charge in [0.05, 0.1) is 25.4 Å². The van der Waals surface area contributed by atoms with E-state index in [-0.39, 0.29) is 5.84 Å². The molecule has 3 unspecified atom stereocenters. The molecule has 1 aromatic rings. The lowest BCUT2D eigenvalue weighted by molar-refractivity contribution is -0.260. The van der Waals surface area contributed by atoms with Crippen LogP contribution >= 0.6 is 15.9 Å². The SMILES string of the molecule is CCCCOC1(OCCCC)N=C(N)C2(C#N)C(c3ccc(Br)cc3)C12C#N. The highest BCUT2D eigenvalue weighted by Gasteiger charge is 2.93. The number of nitrogens with two attached hydrogens (primary N) is 1. The van der Waals surface area contributed by atoms with Crippen LogP contribution in [0.2, 0.25) is 0 Å². The molecule has 0 amide bonds. The number of amidine groups is 1. The van der Waals surface area contributed by atoms with Gasteiger partial charge in [0, 0.05) is 10.4 Å². The second-order valence-electron chi connectivity index (χ2n) is 7.31. The second kappa shape index (κ2) is 7.83. The fourth-order valence-corrected chi connectivity index (χ4v) is 4.49. The van der Waals surface area contributed by atoms with Gasteiger partial charge in [0.2, 0.25) is 0 Å². The zero-order valence-corrected chi connectivity index (χ0v) is 17.8. The molecule has 6 nitrogen and oxygen atoms in total. The normalized spacial score (nSPS) is 29.5. The van der Waals surface area contributed by atoms with Crippen molar-refractivity contribution in [1.82, 2.24) is 0 Å². The molecule has 0 saturated heterocycles. The van der Waals surface area contributed by atoms with Crippen LogP contribution in [0, 0.1) is 33.5 Å². The van der Waals surface area contributed by atoms with E-state index in [0.717, 1.165) is 35.7 Å². The Kier molecular flexibility index (Phi) is 5.82. The molecule has 3 rings (SSSR count). The van der Waals surface area contributed by atoms with Crippen LogP contribution in [0.4, 0.5) is 0 Å². The number of aliphatic imine (C=N–C) groups is 1. The molecule has 2 N–H and O–H groups in total. The van der Waals surface area contributed by atoms with Crippen LogP contribution in [-0.2, 0) is 9.47 Å². The van der Waals surface area contributed by atoms with Crippen LogP contribution in [0.3, 0.4) is 0 Å². The highest BCUT2D eigenvalue weighted by Crippen LogP contribution is 2.82. The number of nitrogens with zero attached hydrogens (tertiary/aromatic N) is 3. The summed E-state index contributed by atoms with van der Waals surface area (Å²) in [7, 11) is 0. The fraction of sp³-hybridized carbons (Fsp3) is 0.571. The quantitative estimate of drug-likeness (QED) is 0.453. The van der Waals surface area contributed by atoms with Crippen LogP contribution in [0.15, 0.2) is 33.7 Å². The number of rotatable bonds is 9. The Labute approximate surface area is 174 Å². The first-order valence-electron chi connectivity index (χ1n) is 9.71.